The van der Waals surface area contributed by atoms with Crippen LogP contribution >= 0.6 is 12.2 Å². The quantitative estimate of drug-likeness (QED) is 0.709. The predicted octanol–water partition coefficient (Wildman–Crippen LogP) is 0.343. The average Bonchev–Trinajstić information content (AvgIpc) is 2.28. The summed E-state index contributed by atoms with van der Waals surface area (Å²) in [7, 11) is 1.75. The first-order valence-corrected chi connectivity index (χ1v) is 4.48. The molecular weight excluding hydrogens is 200 g/mol. The number of aryl methyl sites for hydroxylation is 2. The van der Waals surface area contributed by atoms with E-state index in [1.165, 1.54) is 0 Å². The third kappa shape index (κ3) is 2.81. The van der Waals surface area contributed by atoms with E-state index < -0.39 is 0 Å². The van der Waals surface area contributed by atoms with Gasteiger partial charge in [-0.15, -0.1) is 0 Å². The largest absolute Gasteiger partial charge is 0.393 e. The van der Waals surface area contributed by atoms with Gasteiger partial charge in [0.15, 0.2) is 0 Å². The fourth-order valence-electron chi connectivity index (χ4n) is 1.07. The minimum absolute atomic E-state index is 0.0551. The van der Waals surface area contributed by atoms with Crippen LogP contribution < -0.4 is 11.1 Å². The van der Waals surface area contributed by atoms with Crippen molar-refractivity contribution in [1.82, 2.24) is 9.78 Å². The van der Waals surface area contributed by atoms with Gasteiger partial charge >= 0.3 is 0 Å². The molecule has 5 nitrogen and oxygen atoms in total. The number of nitrogens with two attached hydrogens (primary N) is 1. The second-order valence-corrected chi connectivity index (χ2v) is 3.51. The first kappa shape index (κ1) is 10.6. The second-order valence-electron chi connectivity index (χ2n) is 2.99. The Bertz CT molecular complexity index is 371. The summed E-state index contributed by atoms with van der Waals surface area (Å²) in [6.07, 6.45) is 0.0551. The zero-order valence-electron chi connectivity index (χ0n) is 8.07. The van der Waals surface area contributed by atoms with Gasteiger partial charge < -0.3 is 11.1 Å². The Morgan fingerprint density at radius 3 is 2.86 bits per heavy atom. The van der Waals surface area contributed by atoms with Crippen LogP contribution in [0.5, 0.6) is 0 Å². The molecule has 0 aromatic carbocycles. The van der Waals surface area contributed by atoms with Crippen LogP contribution in [0.4, 0.5) is 5.82 Å². The first-order valence-electron chi connectivity index (χ1n) is 4.08. The van der Waals surface area contributed by atoms with Gasteiger partial charge in [0.05, 0.1) is 17.1 Å². The fraction of sp³-hybridized carbons (Fsp3) is 0.375. The molecule has 0 spiro atoms. The number of nitrogens with one attached hydrogen (secondary N) is 1. The Morgan fingerprint density at radius 2 is 2.43 bits per heavy atom. The lowest BCUT2D eigenvalue weighted by molar-refractivity contribution is -0.115. The first-order chi connectivity index (χ1) is 6.49. The van der Waals surface area contributed by atoms with Crippen molar-refractivity contribution in [2.75, 3.05) is 5.32 Å². The Morgan fingerprint density at radius 1 is 1.79 bits per heavy atom. The van der Waals surface area contributed by atoms with E-state index in [0.717, 1.165) is 5.69 Å². The maximum Gasteiger partial charge on any atom is 0.232 e. The van der Waals surface area contributed by atoms with Crippen molar-refractivity contribution in [2.45, 2.75) is 13.3 Å². The molecule has 0 aliphatic carbocycles. The van der Waals surface area contributed by atoms with Crippen molar-refractivity contribution >= 4 is 28.9 Å². The number of carbonyl (C=O) groups excluding carboxylic acids is 1. The van der Waals surface area contributed by atoms with Crippen molar-refractivity contribution in [3.05, 3.63) is 11.8 Å². The number of hydrogen-bond donors (Lipinski definition) is 2. The van der Waals surface area contributed by atoms with Crippen LogP contribution in [-0.4, -0.2) is 20.7 Å². The van der Waals surface area contributed by atoms with Crippen LogP contribution in [0.2, 0.25) is 0 Å². The number of hydrogen-bond acceptors (Lipinski definition) is 3. The van der Waals surface area contributed by atoms with E-state index in [9.17, 15) is 4.79 Å². The standard InChI is InChI=1S/C8H12N4OS/c1-5-3-7(12(2)11-5)10-8(13)4-6(9)14/h3H,4H2,1-2H3,(H2,9,14)(H,10,13). The maximum atomic E-state index is 11.3. The summed E-state index contributed by atoms with van der Waals surface area (Å²) in [4.78, 5) is 11.4. The third-order valence-electron chi connectivity index (χ3n) is 1.60. The molecule has 76 valence electrons. The van der Waals surface area contributed by atoms with Gasteiger partial charge in [-0.25, -0.2) is 0 Å². The summed E-state index contributed by atoms with van der Waals surface area (Å²) in [5.41, 5.74) is 6.08. The van der Waals surface area contributed by atoms with E-state index >= 15 is 0 Å². The van der Waals surface area contributed by atoms with Gasteiger partial charge in [0, 0.05) is 13.1 Å². The van der Waals surface area contributed by atoms with Gasteiger partial charge in [0.2, 0.25) is 5.91 Å². The van der Waals surface area contributed by atoms with E-state index in [4.69, 9.17) is 5.73 Å². The predicted molar refractivity (Wildman–Crippen MR) is 58.0 cm³/mol. The summed E-state index contributed by atoms with van der Waals surface area (Å²) in [5.74, 6) is 0.421. The van der Waals surface area contributed by atoms with E-state index in [1.807, 2.05) is 6.92 Å². The molecule has 1 rings (SSSR count). The molecule has 1 aromatic rings. The van der Waals surface area contributed by atoms with Gasteiger partial charge in [-0.05, 0) is 6.92 Å². The molecule has 0 radical (unpaired) electrons. The van der Waals surface area contributed by atoms with Crippen molar-refractivity contribution in [2.24, 2.45) is 12.8 Å². The van der Waals surface area contributed by atoms with Crippen LogP contribution in [0, 0.1) is 6.92 Å². The third-order valence-corrected chi connectivity index (χ3v) is 1.75. The molecule has 6 heteroatoms. The molecule has 1 amide bonds. The van der Waals surface area contributed by atoms with E-state index in [0.29, 0.717) is 5.82 Å². The molecular formula is C8H12N4OS. The SMILES string of the molecule is Cc1cc(NC(=O)CC(N)=S)n(C)n1. The second kappa shape index (κ2) is 4.19. The lowest BCUT2D eigenvalue weighted by atomic mass is 10.4. The number of rotatable bonds is 3. The van der Waals surface area contributed by atoms with E-state index in [1.54, 1.807) is 17.8 Å². The van der Waals surface area contributed by atoms with E-state index in [2.05, 4.69) is 22.6 Å². The maximum absolute atomic E-state index is 11.3. The Labute approximate surface area is 87.3 Å². The molecule has 0 saturated carbocycles. The molecule has 0 aliphatic rings. The topological polar surface area (TPSA) is 72.9 Å². The van der Waals surface area contributed by atoms with Gasteiger partial charge in [0.1, 0.15) is 5.82 Å². The summed E-state index contributed by atoms with van der Waals surface area (Å²) < 4.78 is 1.59. The van der Waals surface area contributed by atoms with Gasteiger partial charge in [-0.2, -0.15) is 5.10 Å². The Kier molecular flexibility index (Phi) is 3.19. The highest BCUT2D eigenvalue weighted by atomic mass is 32.1. The molecule has 0 aliphatic heterocycles. The van der Waals surface area contributed by atoms with Gasteiger partial charge in [-0.3, -0.25) is 9.48 Å². The average molecular weight is 212 g/mol. The van der Waals surface area contributed by atoms with Crippen LogP contribution in [-0.2, 0) is 11.8 Å². The molecule has 0 saturated heterocycles. The summed E-state index contributed by atoms with van der Waals surface area (Å²) in [6.45, 7) is 1.85. The molecule has 3 N–H and O–H groups in total. The van der Waals surface area contributed by atoms with Crippen LogP contribution in [0.1, 0.15) is 12.1 Å². The molecule has 1 heterocycles. The Hall–Kier alpha value is -1.43. The molecule has 0 atom stereocenters. The van der Waals surface area contributed by atoms with Gasteiger partial charge in [-0.1, -0.05) is 12.2 Å². The van der Waals surface area contributed by atoms with Crippen molar-refractivity contribution in [3.8, 4) is 0 Å². The smallest absolute Gasteiger partial charge is 0.232 e. The number of aromatic nitrogens is 2. The van der Waals surface area contributed by atoms with Gasteiger partial charge in [0.25, 0.3) is 0 Å². The molecule has 0 unspecified atom stereocenters. The molecule has 14 heavy (non-hydrogen) atoms. The van der Waals surface area contributed by atoms with Crippen molar-refractivity contribution in [3.63, 3.8) is 0 Å². The monoisotopic (exact) mass is 212 g/mol. The normalized spacial score (nSPS) is 9.86. The summed E-state index contributed by atoms with van der Waals surface area (Å²) >= 11 is 4.62. The van der Waals surface area contributed by atoms with Crippen LogP contribution in [0.25, 0.3) is 0 Å². The number of carbonyl (C=O) groups is 1. The minimum atomic E-state index is -0.222. The fourth-order valence-corrected chi connectivity index (χ4v) is 1.20. The lowest BCUT2D eigenvalue weighted by Crippen LogP contribution is -2.21. The van der Waals surface area contributed by atoms with Crippen LogP contribution in [0.3, 0.4) is 0 Å². The number of nitrogens with zero attached hydrogens (tertiary/aromatic N) is 2. The van der Waals surface area contributed by atoms with Crippen LogP contribution in [0.15, 0.2) is 6.07 Å². The van der Waals surface area contributed by atoms with E-state index in [-0.39, 0.29) is 17.3 Å². The van der Waals surface area contributed by atoms with Crippen molar-refractivity contribution in [1.29, 1.82) is 0 Å². The molecule has 0 bridgehead atoms. The minimum Gasteiger partial charge on any atom is -0.393 e. The Balaban J connectivity index is 2.64. The van der Waals surface area contributed by atoms with Crippen molar-refractivity contribution < 1.29 is 4.79 Å². The zero-order chi connectivity index (χ0) is 10.7. The molecule has 1 aromatic heterocycles. The summed E-state index contributed by atoms with van der Waals surface area (Å²) in [6, 6.07) is 1.78. The number of anilines is 1. The lowest BCUT2D eigenvalue weighted by Gasteiger charge is -2.03. The highest BCUT2D eigenvalue weighted by molar-refractivity contribution is 7.80. The summed E-state index contributed by atoms with van der Waals surface area (Å²) in [5, 5.41) is 6.74. The molecule has 0 fully saturated rings. The number of amides is 1. The zero-order valence-corrected chi connectivity index (χ0v) is 8.89. The number of thiocarbonyl (C=S) groups is 1. The highest BCUT2D eigenvalue weighted by Crippen LogP contribution is 2.07. The highest BCUT2D eigenvalue weighted by Gasteiger charge is 2.07.